The van der Waals surface area contributed by atoms with Crippen LogP contribution in [-0.2, 0) is 21.2 Å². The number of halogens is 4. The molecule has 2 heterocycles. The zero-order valence-corrected chi connectivity index (χ0v) is 14.3. The van der Waals surface area contributed by atoms with Gasteiger partial charge < -0.3 is 15.8 Å². The Morgan fingerprint density at radius 2 is 2.13 bits per heavy atom. The summed E-state index contributed by atoms with van der Waals surface area (Å²) in [5, 5.41) is 3.84. The predicted molar refractivity (Wildman–Crippen MR) is 82.5 cm³/mol. The van der Waals surface area contributed by atoms with Crippen LogP contribution in [0.1, 0.15) is 37.4 Å². The van der Waals surface area contributed by atoms with Crippen molar-refractivity contribution < 1.29 is 22.7 Å². The summed E-state index contributed by atoms with van der Waals surface area (Å²) < 4.78 is 43.3. The van der Waals surface area contributed by atoms with Gasteiger partial charge in [-0.15, -0.1) is 23.7 Å². The Kier molecular flexibility index (Phi) is 6.42. The molecule has 23 heavy (non-hydrogen) atoms. The highest BCUT2D eigenvalue weighted by Crippen LogP contribution is 2.33. The average molecular weight is 374 g/mol. The van der Waals surface area contributed by atoms with Gasteiger partial charge in [0.1, 0.15) is 11.1 Å². The van der Waals surface area contributed by atoms with Crippen molar-refractivity contribution in [2.24, 2.45) is 5.73 Å². The molecule has 1 aromatic rings. The number of carbonyl (C=O) groups is 1. The number of hydrogen-bond donors (Lipinski definition) is 2. The smallest absolute Gasteiger partial charge is 0.364 e. The van der Waals surface area contributed by atoms with Crippen LogP contribution in [0.4, 0.5) is 13.2 Å². The van der Waals surface area contributed by atoms with E-state index in [1.54, 1.807) is 13.8 Å². The summed E-state index contributed by atoms with van der Waals surface area (Å²) in [6.45, 7) is 3.56. The van der Waals surface area contributed by atoms with E-state index in [1.807, 2.05) is 0 Å². The molecule has 2 rings (SSSR count). The van der Waals surface area contributed by atoms with E-state index in [9.17, 15) is 18.0 Å². The van der Waals surface area contributed by atoms with Crippen molar-refractivity contribution >= 4 is 29.7 Å². The van der Waals surface area contributed by atoms with Crippen molar-refractivity contribution in [3.8, 4) is 0 Å². The van der Waals surface area contributed by atoms with Gasteiger partial charge >= 0.3 is 6.18 Å². The normalized spacial score (nSPS) is 21.8. The molecule has 1 saturated heterocycles. The van der Waals surface area contributed by atoms with Gasteiger partial charge in [-0.25, -0.2) is 4.98 Å². The number of amides is 1. The Hall–Kier alpha value is -0.900. The van der Waals surface area contributed by atoms with Gasteiger partial charge in [-0.2, -0.15) is 13.2 Å². The molecule has 5 nitrogen and oxygen atoms in total. The van der Waals surface area contributed by atoms with Gasteiger partial charge in [0.2, 0.25) is 5.91 Å². The zero-order chi connectivity index (χ0) is 16.5. The second kappa shape index (κ2) is 7.33. The van der Waals surface area contributed by atoms with E-state index in [1.165, 1.54) is 0 Å². The van der Waals surface area contributed by atoms with Gasteiger partial charge in [0.05, 0.1) is 11.6 Å². The first-order valence-corrected chi connectivity index (χ1v) is 7.72. The van der Waals surface area contributed by atoms with Crippen molar-refractivity contribution in [3.05, 3.63) is 16.1 Å². The van der Waals surface area contributed by atoms with Crippen LogP contribution in [0.5, 0.6) is 0 Å². The molecule has 1 fully saturated rings. The average Bonchev–Trinajstić information content (AvgIpc) is 3.07. The molecule has 0 bridgehead atoms. The molecule has 3 N–H and O–H groups in total. The number of hydrogen-bond acceptors (Lipinski definition) is 5. The maximum absolute atomic E-state index is 12.6. The summed E-state index contributed by atoms with van der Waals surface area (Å²) in [6, 6.07) is 0. The summed E-state index contributed by atoms with van der Waals surface area (Å²) >= 11 is 0.866. The molecule has 0 unspecified atom stereocenters. The Balaban J connectivity index is 0.00000264. The Morgan fingerprint density at radius 1 is 1.48 bits per heavy atom. The highest BCUT2D eigenvalue weighted by Gasteiger charge is 2.38. The Morgan fingerprint density at radius 3 is 2.61 bits per heavy atom. The quantitative estimate of drug-likeness (QED) is 0.849. The fourth-order valence-electron chi connectivity index (χ4n) is 2.20. The molecule has 0 aliphatic carbocycles. The summed E-state index contributed by atoms with van der Waals surface area (Å²) in [5.74, 6) is -0.357. The van der Waals surface area contributed by atoms with Crippen LogP contribution >= 0.6 is 23.7 Å². The molecule has 1 aliphatic rings. The highest BCUT2D eigenvalue weighted by molar-refractivity contribution is 7.09. The molecule has 2 atom stereocenters. The third-order valence-electron chi connectivity index (χ3n) is 3.43. The maximum Gasteiger partial charge on any atom is 0.434 e. The van der Waals surface area contributed by atoms with Crippen LogP contribution in [0.2, 0.25) is 0 Å². The van der Waals surface area contributed by atoms with Crippen molar-refractivity contribution in [3.63, 3.8) is 0 Å². The standard InChI is InChI=1S/C13H18F3N3O2S.ClH/c1-12(2,11-18-9(6-22-11)13(14,15)16)19-10(20)8-4-3-7(5-17)21-8;/h6-8H,3-5,17H2,1-2H3,(H,19,20);1H/t7-,8+;/m1./s1. The van der Waals surface area contributed by atoms with Crippen LogP contribution in [0, 0.1) is 0 Å². The van der Waals surface area contributed by atoms with Gasteiger partial charge in [-0.3, -0.25) is 4.79 Å². The first kappa shape index (κ1) is 20.1. The first-order chi connectivity index (χ1) is 10.1. The third kappa shape index (κ3) is 4.79. The maximum atomic E-state index is 12.6. The van der Waals surface area contributed by atoms with Crippen LogP contribution < -0.4 is 11.1 Å². The molecule has 0 saturated carbocycles. The lowest BCUT2D eigenvalue weighted by Gasteiger charge is -2.25. The molecule has 0 spiro atoms. The lowest BCUT2D eigenvalue weighted by atomic mass is 10.1. The number of thiazole rings is 1. The SMILES string of the molecule is CC(C)(NC(=O)[C@@H]1CC[C@H](CN)O1)c1nc(C(F)(F)F)cs1.Cl. The number of aromatic nitrogens is 1. The van der Waals surface area contributed by atoms with Crippen molar-refractivity contribution in [2.45, 2.75) is 50.6 Å². The van der Waals surface area contributed by atoms with E-state index in [0.29, 0.717) is 19.4 Å². The monoisotopic (exact) mass is 373 g/mol. The summed E-state index contributed by atoms with van der Waals surface area (Å²) in [5.41, 5.74) is 3.53. The lowest BCUT2D eigenvalue weighted by Crippen LogP contribution is -2.46. The van der Waals surface area contributed by atoms with Crippen molar-refractivity contribution in [2.75, 3.05) is 6.54 Å². The second-order valence-electron chi connectivity index (χ2n) is 5.71. The van der Waals surface area contributed by atoms with Gasteiger partial charge in [-0.05, 0) is 26.7 Å². The third-order valence-corrected chi connectivity index (χ3v) is 4.59. The van der Waals surface area contributed by atoms with Gasteiger partial charge in [0.25, 0.3) is 0 Å². The summed E-state index contributed by atoms with van der Waals surface area (Å²) in [7, 11) is 0. The number of carbonyl (C=O) groups excluding carboxylic acids is 1. The second-order valence-corrected chi connectivity index (χ2v) is 6.57. The van der Waals surface area contributed by atoms with Crippen LogP contribution in [0.25, 0.3) is 0 Å². The number of ether oxygens (including phenoxy) is 1. The lowest BCUT2D eigenvalue weighted by molar-refractivity contribution is -0.140. The number of nitrogens with one attached hydrogen (secondary N) is 1. The minimum Gasteiger partial charge on any atom is -0.364 e. The Labute approximate surface area is 142 Å². The number of nitrogens with two attached hydrogens (primary N) is 1. The van der Waals surface area contributed by atoms with Crippen molar-refractivity contribution in [1.29, 1.82) is 0 Å². The molecule has 1 aromatic heterocycles. The molecule has 132 valence electrons. The molecule has 10 heteroatoms. The van der Waals surface area contributed by atoms with E-state index in [4.69, 9.17) is 10.5 Å². The number of nitrogens with zero attached hydrogens (tertiary/aromatic N) is 1. The molecule has 1 aliphatic heterocycles. The van der Waals surface area contributed by atoms with E-state index in [-0.39, 0.29) is 29.4 Å². The molecule has 1 amide bonds. The van der Waals surface area contributed by atoms with Crippen molar-refractivity contribution in [1.82, 2.24) is 10.3 Å². The molecular weight excluding hydrogens is 355 g/mol. The zero-order valence-electron chi connectivity index (χ0n) is 12.6. The Bertz CT molecular complexity index is 551. The largest absolute Gasteiger partial charge is 0.434 e. The molecule has 0 aromatic carbocycles. The van der Waals surface area contributed by atoms with E-state index < -0.39 is 23.5 Å². The molecular formula is C13H19ClF3N3O2S. The predicted octanol–water partition coefficient (Wildman–Crippen LogP) is 2.44. The minimum absolute atomic E-state index is 0. The van der Waals surface area contributed by atoms with Crippen LogP contribution in [0.15, 0.2) is 5.38 Å². The highest BCUT2D eigenvalue weighted by atomic mass is 35.5. The molecule has 0 radical (unpaired) electrons. The van der Waals surface area contributed by atoms with Gasteiger partial charge in [0.15, 0.2) is 5.69 Å². The van der Waals surface area contributed by atoms with Crippen LogP contribution in [-0.4, -0.2) is 29.6 Å². The summed E-state index contributed by atoms with van der Waals surface area (Å²) in [4.78, 5) is 15.8. The minimum atomic E-state index is -4.49. The fourth-order valence-corrected chi connectivity index (χ4v) is 3.11. The topological polar surface area (TPSA) is 77.2 Å². The fraction of sp³-hybridized carbons (Fsp3) is 0.692. The number of alkyl halides is 3. The summed E-state index contributed by atoms with van der Waals surface area (Å²) in [6.07, 6.45) is -4.00. The first-order valence-electron chi connectivity index (χ1n) is 6.84. The van der Waals surface area contributed by atoms with Gasteiger partial charge in [0, 0.05) is 11.9 Å². The van der Waals surface area contributed by atoms with E-state index >= 15 is 0 Å². The number of rotatable bonds is 4. The van der Waals surface area contributed by atoms with E-state index in [0.717, 1.165) is 16.7 Å². The van der Waals surface area contributed by atoms with E-state index in [2.05, 4.69) is 10.3 Å². The van der Waals surface area contributed by atoms with Crippen LogP contribution in [0.3, 0.4) is 0 Å². The van der Waals surface area contributed by atoms with Gasteiger partial charge in [-0.1, -0.05) is 0 Å².